The van der Waals surface area contributed by atoms with Gasteiger partial charge in [0, 0.05) is 28.7 Å². The molecule has 0 fully saturated rings. The number of aromatic nitrogens is 1. The van der Waals surface area contributed by atoms with E-state index in [1.54, 1.807) is 0 Å². The highest BCUT2D eigenvalue weighted by molar-refractivity contribution is 5.91. The van der Waals surface area contributed by atoms with E-state index in [1.165, 1.54) is 10.9 Å². The van der Waals surface area contributed by atoms with Gasteiger partial charge >= 0.3 is 0 Å². The smallest absolute Gasteiger partial charge is 0.0688 e. The molecule has 0 aliphatic heterocycles. The van der Waals surface area contributed by atoms with E-state index in [0.717, 1.165) is 27.9 Å². The first-order valence-corrected chi connectivity index (χ1v) is 6.75. The van der Waals surface area contributed by atoms with Crippen molar-refractivity contribution in [3.8, 4) is 11.3 Å². The van der Waals surface area contributed by atoms with Gasteiger partial charge in [0.25, 0.3) is 0 Å². The maximum atomic E-state index is 9.50. The number of rotatable bonds is 3. The number of hydrogen-bond donors (Lipinski definition) is 3. The second kappa shape index (κ2) is 5.12. The van der Waals surface area contributed by atoms with Crippen molar-refractivity contribution in [2.24, 2.45) is 5.73 Å². The lowest BCUT2D eigenvalue weighted by Gasteiger charge is -2.06. The summed E-state index contributed by atoms with van der Waals surface area (Å²) in [6, 6.07) is 14.2. The predicted molar refractivity (Wildman–Crippen MR) is 82.3 cm³/mol. The summed E-state index contributed by atoms with van der Waals surface area (Å²) in [5, 5.41) is 10.7. The molecule has 3 rings (SSSR count). The van der Waals surface area contributed by atoms with Crippen LogP contribution in [0.5, 0.6) is 0 Å². The molecule has 0 unspecified atom stereocenters. The molecule has 0 amide bonds. The molecule has 0 spiro atoms. The number of aliphatic hydroxyl groups excluding tert-OH is 1. The Morgan fingerprint density at radius 1 is 1.15 bits per heavy atom. The molecule has 3 nitrogen and oxygen atoms in total. The number of aromatic amines is 1. The lowest BCUT2D eigenvalue weighted by Crippen LogP contribution is -1.95. The Morgan fingerprint density at radius 2 is 1.95 bits per heavy atom. The quantitative estimate of drug-likeness (QED) is 0.682. The Labute approximate surface area is 118 Å². The third-order valence-electron chi connectivity index (χ3n) is 3.82. The summed E-state index contributed by atoms with van der Waals surface area (Å²) in [6.45, 7) is 2.69. The van der Waals surface area contributed by atoms with E-state index in [1.807, 2.05) is 30.3 Å². The maximum Gasteiger partial charge on any atom is 0.0688 e. The van der Waals surface area contributed by atoms with Crippen molar-refractivity contribution in [2.45, 2.75) is 20.1 Å². The van der Waals surface area contributed by atoms with Crippen molar-refractivity contribution in [3.05, 3.63) is 59.2 Å². The first kappa shape index (κ1) is 12.9. The van der Waals surface area contributed by atoms with Crippen LogP contribution >= 0.6 is 0 Å². The molecule has 3 aromatic rings. The Bertz CT molecular complexity index is 759. The van der Waals surface area contributed by atoms with Crippen LogP contribution in [0.15, 0.2) is 42.5 Å². The van der Waals surface area contributed by atoms with Crippen LogP contribution in [0.1, 0.15) is 16.7 Å². The lowest BCUT2D eigenvalue weighted by atomic mass is 10.0. The predicted octanol–water partition coefficient (Wildman–Crippen LogP) is 3.09. The van der Waals surface area contributed by atoms with Crippen molar-refractivity contribution in [1.29, 1.82) is 0 Å². The van der Waals surface area contributed by atoms with Gasteiger partial charge in [0.15, 0.2) is 0 Å². The van der Waals surface area contributed by atoms with Gasteiger partial charge in [-0.15, -0.1) is 0 Å². The standard InChI is InChI=1S/C17H18N2O/c1-11-15-8-12(9-18)6-7-16(15)19-17(11)14-5-3-2-4-13(14)10-20/h2-8,19-20H,9-10,18H2,1H3. The van der Waals surface area contributed by atoms with Crippen LogP contribution in [0.4, 0.5) is 0 Å². The summed E-state index contributed by atoms with van der Waals surface area (Å²) in [4.78, 5) is 3.45. The van der Waals surface area contributed by atoms with Crippen molar-refractivity contribution in [1.82, 2.24) is 4.98 Å². The minimum Gasteiger partial charge on any atom is -0.392 e. The normalized spacial score (nSPS) is 11.2. The van der Waals surface area contributed by atoms with Crippen molar-refractivity contribution < 1.29 is 5.11 Å². The van der Waals surface area contributed by atoms with E-state index in [9.17, 15) is 5.11 Å². The first-order chi connectivity index (χ1) is 9.74. The van der Waals surface area contributed by atoms with Crippen molar-refractivity contribution >= 4 is 10.9 Å². The summed E-state index contributed by atoms with van der Waals surface area (Å²) < 4.78 is 0. The van der Waals surface area contributed by atoms with Crippen LogP contribution in [0.25, 0.3) is 22.2 Å². The second-order valence-corrected chi connectivity index (χ2v) is 5.02. The zero-order valence-corrected chi connectivity index (χ0v) is 11.5. The Balaban J connectivity index is 2.24. The first-order valence-electron chi connectivity index (χ1n) is 6.75. The van der Waals surface area contributed by atoms with Gasteiger partial charge in [-0.3, -0.25) is 0 Å². The van der Waals surface area contributed by atoms with Gasteiger partial charge in [0.05, 0.1) is 6.61 Å². The van der Waals surface area contributed by atoms with E-state index in [4.69, 9.17) is 5.73 Å². The number of hydrogen-bond acceptors (Lipinski definition) is 2. The molecule has 0 atom stereocenters. The summed E-state index contributed by atoms with van der Waals surface area (Å²) in [6.07, 6.45) is 0. The molecular weight excluding hydrogens is 248 g/mol. The average Bonchev–Trinajstić information content (AvgIpc) is 2.83. The topological polar surface area (TPSA) is 62.0 Å². The average molecular weight is 266 g/mol. The van der Waals surface area contributed by atoms with Crippen LogP contribution in [-0.2, 0) is 13.2 Å². The summed E-state index contributed by atoms with van der Waals surface area (Å²) in [5.74, 6) is 0. The number of benzene rings is 2. The van der Waals surface area contributed by atoms with Gasteiger partial charge in [0.2, 0.25) is 0 Å². The van der Waals surface area contributed by atoms with Crippen LogP contribution in [0, 0.1) is 6.92 Å². The number of aryl methyl sites for hydroxylation is 1. The highest BCUT2D eigenvalue weighted by Crippen LogP contribution is 2.32. The largest absolute Gasteiger partial charge is 0.392 e. The summed E-state index contributed by atoms with van der Waals surface area (Å²) in [7, 11) is 0. The van der Waals surface area contributed by atoms with Crippen molar-refractivity contribution in [2.75, 3.05) is 0 Å². The maximum absolute atomic E-state index is 9.50. The molecule has 0 bridgehead atoms. The van der Waals surface area contributed by atoms with Gasteiger partial charge in [-0.1, -0.05) is 30.3 Å². The van der Waals surface area contributed by atoms with Gasteiger partial charge in [-0.2, -0.15) is 0 Å². The zero-order chi connectivity index (χ0) is 14.1. The minimum absolute atomic E-state index is 0.0407. The zero-order valence-electron chi connectivity index (χ0n) is 11.5. The summed E-state index contributed by atoms with van der Waals surface area (Å²) >= 11 is 0. The fourth-order valence-corrected chi connectivity index (χ4v) is 2.67. The number of H-pyrrole nitrogens is 1. The third kappa shape index (κ3) is 2.01. The molecule has 0 saturated carbocycles. The van der Waals surface area contributed by atoms with Gasteiger partial charge in [0.1, 0.15) is 0 Å². The second-order valence-electron chi connectivity index (χ2n) is 5.02. The molecule has 1 aromatic heterocycles. The number of nitrogens with one attached hydrogen (secondary N) is 1. The van der Waals surface area contributed by atoms with E-state index in [0.29, 0.717) is 6.54 Å². The molecular formula is C17H18N2O. The molecule has 4 N–H and O–H groups in total. The molecule has 0 aliphatic carbocycles. The van der Waals surface area contributed by atoms with Crippen LogP contribution in [0.2, 0.25) is 0 Å². The molecule has 0 radical (unpaired) electrons. The van der Waals surface area contributed by atoms with Gasteiger partial charge in [-0.05, 0) is 35.7 Å². The molecule has 102 valence electrons. The van der Waals surface area contributed by atoms with Gasteiger partial charge in [-0.25, -0.2) is 0 Å². The highest BCUT2D eigenvalue weighted by Gasteiger charge is 2.12. The van der Waals surface area contributed by atoms with E-state index in [2.05, 4.69) is 24.0 Å². The van der Waals surface area contributed by atoms with Crippen LogP contribution < -0.4 is 5.73 Å². The highest BCUT2D eigenvalue weighted by atomic mass is 16.3. The van der Waals surface area contributed by atoms with Crippen LogP contribution in [0.3, 0.4) is 0 Å². The fraction of sp³-hybridized carbons (Fsp3) is 0.176. The molecule has 0 aliphatic rings. The number of aliphatic hydroxyl groups is 1. The van der Waals surface area contributed by atoms with Crippen molar-refractivity contribution in [3.63, 3.8) is 0 Å². The third-order valence-corrected chi connectivity index (χ3v) is 3.82. The number of fused-ring (bicyclic) bond motifs is 1. The SMILES string of the molecule is Cc1c(-c2ccccc2CO)[nH]c2ccc(CN)cc12. The van der Waals surface area contributed by atoms with E-state index < -0.39 is 0 Å². The van der Waals surface area contributed by atoms with E-state index >= 15 is 0 Å². The minimum atomic E-state index is 0.0407. The Morgan fingerprint density at radius 3 is 2.70 bits per heavy atom. The fourth-order valence-electron chi connectivity index (χ4n) is 2.67. The molecule has 1 heterocycles. The van der Waals surface area contributed by atoms with Crippen LogP contribution in [-0.4, -0.2) is 10.1 Å². The molecule has 20 heavy (non-hydrogen) atoms. The Hall–Kier alpha value is -2.10. The molecule has 3 heteroatoms. The molecule has 2 aromatic carbocycles. The van der Waals surface area contributed by atoms with Gasteiger partial charge < -0.3 is 15.8 Å². The monoisotopic (exact) mass is 266 g/mol. The number of nitrogens with two attached hydrogens (primary N) is 1. The lowest BCUT2D eigenvalue weighted by molar-refractivity contribution is 0.282. The summed E-state index contributed by atoms with van der Waals surface area (Å²) in [5.41, 5.74) is 12.2. The Kier molecular flexibility index (Phi) is 3.30. The van der Waals surface area contributed by atoms with E-state index in [-0.39, 0.29) is 6.61 Å². The molecule has 0 saturated heterocycles.